The van der Waals surface area contributed by atoms with E-state index < -0.39 is 103 Å². The standard InChI is InChI=1S/C61H68N2O17/c1-39-54(72-34-43-22-12-5-13-23-43)57(73-35-44-24-14-6-15-25-44)58(74-36-45-26-16-7-17-27-45)61(75-39)80-56-50(62-40(2)64)59(76-47-30-28-46(29-31-47)63(68)69)78-49(38-71-33-42-20-10-4-11-21-42)55(56)79-60-53(67)52(66)51(65)48(77-60)37-70-32-41-18-8-3-9-19-41/h3-31,39,48-61,65-67H,32-38H2,1-2H3,(H,62,64). The largest absolute Gasteiger partial charge is 0.463 e. The Hall–Kier alpha value is -6.53. The van der Waals surface area contributed by atoms with E-state index in [1.165, 1.54) is 31.2 Å². The molecule has 1 amide bonds. The Bertz CT molecular complexity index is 2790. The van der Waals surface area contributed by atoms with Crippen molar-refractivity contribution < 1.29 is 77.1 Å². The molecule has 6 aromatic rings. The molecule has 15 atom stereocenters. The van der Waals surface area contributed by atoms with Crippen LogP contribution in [0.5, 0.6) is 5.75 Å². The van der Waals surface area contributed by atoms with Crippen LogP contribution in [0, 0.1) is 10.1 Å². The molecule has 19 nitrogen and oxygen atoms in total. The Kier molecular flexibility index (Phi) is 20.9. The number of benzene rings is 6. The molecule has 3 aliphatic heterocycles. The van der Waals surface area contributed by atoms with Crippen molar-refractivity contribution in [2.75, 3.05) is 13.2 Å². The number of nitro benzene ring substituents is 1. The topological polar surface area (TPSA) is 234 Å². The van der Waals surface area contributed by atoms with Gasteiger partial charge in [0.1, 0.15) is 72.8 Å². The first-order valence-electron chi connectivity index (χ1n) is 26.7. The van der Waals surface area contributed by atoms with E-state index in [4.69, 9.17) is 52.1 Å². The van der Waals surface area contributed by atoms with Gasteiger partial charge in [0.05, 0.1) is 57.3 Å². The fraction of sp³-hybridized carbons (Fsp3) is 0.393. The molecule has 19 heteroatoms. The zero-order valence-electron chi connectivity index (χ0n) is 44.4. The fourth-order valence-electron chi connectivity index (χ4n) is 9.82. The van der Waals surface area contributed by atoms with E-state index in [0.717, 1.165) is 27.8 Å². The third-order valence-electron chi connectivity index (χ3n) is 13.9. The SMILES string of the molecule is CC(=O)NC1C(Oc2ccc([N+](=O)[O-])cc2)OC(COCc2ccccc2)C(OC2OC(COCc3ccccc3)C(O)C(O)C2O)C1OC1OC(C)C(OCc2ccccc2)C(OCc2ccccc2)C1OCc1ccccc1. The number of hydrogen-bond donors (Lipinski definition) is 4. The molecule has 3 saturated heterocycles. The summed E-state index contributed by atoms with van der Waals surface area (Å²) in [5.41, 5.74) is 4.11. The van der Waals surface area contributed by atoms with Crippen molar-refractivity contribution >= 4 is 11.6 Å². The maximum Gasteiger partial charge on any atom is 0.269 e. The van der Waals surface area contributed by atoms with Crippen LogP contribution < -0.4 is 10.1 Å². The Balaban J connectivity index is 1.11. The van der Waals surface area contributed by atoms with Crippen LogP contribution in [0.25, 0.3) is 0 Å². The molecule has 6 aromatic carbocycles. The number of aliphatic hydroxyl groups is 3. The summed E-state index contributed by atoms with van der Waals surface area (Å²) in [6.45, 7) is 3.38. The zero-order valence-corrected chi connectivity index (χ0v) is 44.4. The zero-order chi connectivity index (χ0) is 55.8. The predicted octanol–water partition coefficient (Wildman–Crippen LogP) is 6.72. The van der Waals surface area contributed by atoms with Crippen LogP contribution in [0.15, 0.2) is 176 Å². The van der Waals surface area contributed by atoms with Gasteiger partial charge in [-0.3, -0.25) is 14.9 Å². The number of ether oxygens (including phenoxy) is 11. The third kappa shape index (κ3) is 15.7. The van der Waals surface area contributed by atoms with E-state index in [9.17, 15) is 30.2 Å². The van der Waals surface area contributed by atoms with Crippen molar-refractivity contribution in [3.8, 4) is 5.75 Å². The predicted molar refractivity (Wildman–Crippen MR) is 288 cm³/mol. The molecule has 3 fully saturated rings. The number of nitrogens with one attached hydrogen (secondary N) is 1. The maximum absolute atomic E-state index is 13.6. The number of aliphatic hydroxyl groups excluding tert-OH is 3. The van der Waals surface area contributed by atoms with Crippen LogP contribution in [-0.2, 0) is 85.2 Å². The lowest BCUT2D eigenvalue weighted by atomic mass is 9.94. The Labute approximate surface area is 464 Å². The molecule has 0 aromatic heterocycles. The van der Waals surface area contributed by atoms with Crippen molar-refractivity contribution in [2.45, 2.75) is 139 Å². The smallest absolute Gasteiger partial charge is 0.269 e. The summed E-state index contributed by atoms with van der Waals surface area (Å²) in [7, 11) is 0. The van der Waals surface area contributed by atoms with Crippen LogP contribution in [0.4, 0.5) is 5.69 Å². The van der Waals surface area contributed by atoms with E-state index in [1.807, 2.05) is 159 Å². The highest BCUT2D eigenvalue weighted by Crippen LogP contribution is 2.37. The molecule has 4 N–H and O–H groups in total. The average molecular weight is 1100 g/mol. The highest BCUT2D eigenvalue weighted by molar-refractivity contribution is 5.73. The monoisotopic (exact) mass is 1100 g/mol. The number of carbonyl (C=O) groups excluding carboxylic acids is 1. The van der Waals surface area contributed by atoms with Gasteiger partial charge in [-0.25, -0.2) is 0 Å². The van der Waals surface area contributed by atoms with Gasteiger partial charge in [-0.05, 0) is 46.9 Å². The first kappa shape index (κ1) is 58.1. The van der Waals surface area contributed by atoms with Gasteiger partial charge < -0.3 is 72.7 Å². The first-order valence-corrected chi connectivity index (χ1v) is 26.7. The van der Waals surface area contributed by atoms with Crippen LogP contribution in [0.2, 0.25) is 0 Å². The second kappa shape index (κ2) is 28.8. The number of hydrogen-bond acceptors (Lipinski definition) is 17. The van der Waals surface area contributed by atoms with E-state index in [2.05, 4.69) is 5.32 Å². The minimum atomic E-state index is -1.85. The van der Waals surface area contributed by atoms with E-state index in [0.29, 0.717) is 0 Å². The van der Waals surface area contributed by atoms with Crippen LogP contribution >= 0.6 is 0 Å². The van der Waals surface area contributed by atoms with Crippen molar-refractivity contribution in [1.29, 1.82) is 0 Å². The van der Waals surface area contributed by atoms with Gasteiger partial charge in [0, 0.05) is 19.1 Å². The molecular weight excluding hydrogens is 1030 g/mol. The lowest BCUT2D eigenvalue weighted by Crippen LogP contribution is -2.70. The Morgan fingerprint density at radius 1 is 0.500 bits per heavy atom. The van der Waals surface area contributed by atoms with Gasteiger partial charge >= 0.3 is 0 Å². The summed E-state index contributed by atoms with van der Waals surface area (Å²) in [6.07, 6.45) is -18.4. The summed E-state index contributed by atoms with van der Waals surface area (Å²) in [5, 5.41) is 49.2. The van der Waals surface area contributed by atoms with Gasteiger partial charge in [0.15, 0.2) is 12.6 Å². The molecule has 3 heterocycles. The van der Waals surface area contributed by atoms with Gasteiger partial charge in [0.2, 0.25) is 12.2 Å². The number of rotatable bonds is 25. The van der Waals surface area contributed by atoms with Gasteiger partial charge in [-0.15, -0.1) is 0 Å². The molecule has 3 aliphatic rings. The first-order chi connectivity index (χ1) is 39.0. The molecule has 0 aliphatic carbocycles. The van der Waals surface area contributed by atoms with Crippen molar-refractivity contribution in [3.05, 3.63) is 214 Å². The van der Waals surface area contributed by atoms with Crippen LogP contribution in [0.1, 0.15) is 41.7 Å². The molecule has 0 spiro atoms. The lowest BCUT2D eigenvalue weighted by molar-refractivity contribution is -0.385. The van der Waals surface area contributed by atoms with E-state index >= 15 is 0 Å². The molecule has 9 rings (SSSR count). The summed E-state index contributed by atoms with van der Waals surface area (Å²) in [4.78, 5) is 24.8. The number of carbonyl (C=O) groups is 1. The number of nitrogens with zero attached hydrogens (tertiary/aromatic N) is 1. The van der Waals surface area contributed by atoms with Crippen LogP contribution in [0.3, 0.4) is 0 Å². The van der Waals surface area contributed by atoms with Gasteiger partial charge in [-0.1, -0.05) is 152 Å². The lowest BCUT2D eigenvalue weighted by Gasteiger charge is -2.51. The van der Waals surface area contributed by atoms with Crippen LogP contribution in [-0.4, -0.2) is 131 Å². The second-order valence-corrected chi connectivity index (χ2v) is 19.8. The van der Waals surface area contributed by atoms with E-state index in [1.54, 1.807) is 0 Å². The van der Waals surface area contributed by atoms with E-state index in [-0.39, 0.29) is 57.7 Å². The minimum absolute atomic E-state index is 0.0699. The highest BCUT2D eigenvalue weighted by atomic mass is 16.8. The normalized spacial score (nSPS) is 28.6. The number of nitro groups is 1. The molecule has 424 valence electrons. The minimum Gasteiger partial charge on any atom is -0.463 e. The highest BCUT2D eigenvalue weighted by Gasteiger charge is 2.56. The van der Waals surface area contributed by atoms with Gasteiger partial charge in [0.25, 0.3) is 5.69 Å². The maximum atomic E-state index is 13.6. The Morgan fingerprint density at radius 2 is 0.938 bits per heavy atom. The Morgan fingerprint density at radius 3 is 1.43 bits per heavy atom. The summed E-state index contributed by atoms with van der Waals surface area (Å²) in [6, 6.07) is 51.6. The molecule has 0 saturated carbocycles. The average Bonchev–Trinajstić information content (AvgIpc) is 3.57. The molecular formula is C61H68N2O17. The summed E-state index contributed by atoms with van der Waals surface area (Å²) >= 11 is 0. The fourth-order valence-corrected chi connectivity index (χ4v) is 9.82. The molecule has 0 bridgehead atoms. The van der Waals surface area contributed by atoms with Crippen molar-refractivity contribution in [1.82, 2.24) is 5.32 Å². The van der Waals surface area contributed by atoms with Gasteiger partial charge in [-0.2, -0.15) is 0 Å². The quantitative estimate of drug-likeness (QED) is 0.0344. The molecule has 15 unspecified atom stereocenters. The summed E-state index contributed by atoms with van der Waals surface area (Å²) < 4.78 is 73.6. The number of amides is 1. The number of non-ortho nitro benzene ring substituents is 1. The van der Waals surface area contributed by atoms with Crippen molar-refractivity contribution in [3.63, 3.8) is 0 Å². The summed E-state index contributed by atoms with van der Waals surface area (Å²) in [5.74, 6) is -0.405. The van der Waals surface area contributed by atoms with Crippen molar-refractivity contribution in [2.24, 2.45) is 0 Å². The molecule has 80 heavy (non-hydrogen) atoms. The molecule has 0 radical (unpaired) electrons. The third-order valence-corrected chi connectivity index (χ3v) is 13.9. The second-order valence-electron chi connectivity index (χ2n) is 19.8.